The molecule has 0 amide bonds. The Morgan fingerprint density at radius 3 is 2.90 bits per heavy atom. The van der Waals surface area contributed by atoms with Gasteiger partial charge in [-0.05, 0) is 37.9 Å². The average molecular weight is 286 g/mol. The zero-order chi connectivity index (χ0) is 14.7. The van der Waals surface area contributed by atoms with E-state index >= 15 is 0 Å². The van der Waals surface area contributed by atoms with Crippen LogP contribution in [0.2, 0.25) is 0 Å². The van der Waals surface area contributed by atoms with Gasteiger partial charge in [0.1, 0.15) is 5.82 Å². The van der Waals surface area contributed by atoms with E-state index in [9.17, 15) is 4.39 Å². The number of hydrogen-bond acceptors (Lipinski definition) is 4. The molecule has 1 heterocycles. The molecule has 110 valence electrons. The van der Waals surface area contributed by atoms with E-state index in [1.165, 1.54) is 12.1 Å². The Labute approximate surface area is 123 Å². The van der Waals surface area contributed by atoms with Gasteiger partial charge in [-0.15, -0.1) is 0 Å². The van der Waals surface area contributed by atoms with Gasteiger partial charge in [-0.3, -0.25) is 0 Å². The van der Waals surface area contributed by atoms with Gasteiger partial charge in [-0.1, -0.05) is 12.1 Å². The van der Waals surface area contributed by atoms with E-state index in [2.05, 4.69) is 15.3 Å². The molecule has 5 heteroatoms. The molecular weight excluding hydrogens is 267 g/mol. The maximum absolute atomic E-state index is 13.3. The molecule has 2 aromatic rings. The summed E-state index contributed by atoms with van der Waals surface area (Å²) in [5.41, 5.74) is 8.24. The van der Waals surface area contributed by atoms with Gasteiger partial charge in [0.05, 0.1) is 17.6 Å². The first-order valence-corrected chi connectivity index (χ1v) is 7.35. The molecule has 4 nitrogen and oxygen atoms in total. The fourth-order valence-corrected chi connectivity index (χ4v) is 2.29. The second kappa shape index (κ2) is 6.18. The van der Waals surface area contributed by atoms with Crippen molar-refractivity contribution in [1.29, 1.82) is 0 Å². The molecule has 0 bridgehead atoms. The predicted molar refractivity (Wildman–Crippen MR) is 81.6 cm³/mol. The lowest BCUT2D eigenvalue weighted by Crippen LogP contribution is -2.11. The highest BCUT2D eigenvalue weighted by Crippen LogP contribution is 2.42. The molecule has 1 aromatic heterocycles. The van der Waals surface area contributed by atoms with Crippen molar-refractivity contribution >= 4 is 5.69 Å². The van der Waals surface area contributed by atoms with Gasteiger partial charge in [0.15, 0.2) is 5.82 Å². The van der Waals surface area contributed by atoms with Crippen LogP contribution in [0.1, 0.15) is 30.9 Å². The number of halogens is 1. The minimum absolute atomic E-state index is 0.269. The van der Waals surface area contributed by atoms with Crippen molar-refractivity contribution in [2.75, 3.05) is 18.4 Å². The smallest absolute Gasteiger partial charge is 0.159 e. The van der Waals surface area contributed by atoms with Crippen molar-refractivity contribution < 1.29 is 4.39 Å². The molecule has 0 saturated heterocycles. The van der Waals surface area contributed by atoms with Gasteiger partial charge in [-0.2, -0.15) is 0 Å². The SMILES string of the molecule is NCCCNc1cnc(-c2cccc(F)c2)nc1C1CC1. The third-order valence-electron chi connectivity index (χ3n) is 3.56. The van der Waals surface area contributed by atoms with Gasteiger partial charge in [0.25, 0.3) is 0 Å². The Bertz CT molecular complexity index is 625. The Morgan fingerprint density at radius 2 is 2.19 bits per heavy atom. The van der Waals surface area contributed by atoms with E-state index in [0.29, 0.717) is 23.9 Å². The van der Waals surface area contributed by atoms with Gasteiger partial charge in [0, 0.05) is 18.0 Å². The lowest BCUT2D eigenvalue weighted by Gasteiger charge is -2.11. The molecule has 0 atom stereocenters. The lowest BCUT2D eigenvalue weighted by atomic mass is 10.2. The van der Waals surface area contributed by atoms with Crippen LogP contribution in [0.5, 0.6) is 0 Å². The van der Waals surface area contributed by atoms with Crippen LogP contribution in [0.4, 0.5) is 10.1 Å². The molecule has 1 aliphatic carbocycles. The lowest BCUT2D eigenvalue weighted by molar-refractivity contribution is 0.628. The second-order valence-corrected chi connectivity index (χ2v) is 5.35. The first-order valence-electron chi connectivity index (χ1n) is 7.35. The van der Waals surface area contributed by atoms with E-state index in [1.54, 1.807) is 12.3 Å². The molecule has 0 radical (unpaired) electrons. The topological polar surface area (TPSA) is 63.8 Å². The summed E-state index contributed by atoms with van der Waals surface area (Å²) in [5, 5.41) is 3.35. The summed E-state index contributed by atoms with van der Waals surface area (Å²) >= 11 is 0. The number of anilines is 1. The number of nitrogens with one attached hydrogen (secondary N) is 1. The Hall–Kier alpha value is -2.01. The van der Waals surface area contributed by atoms with Crippen LogP contribution in [0.25, 0.3) is 11.4 Å². The van der Waals surface area contributed by atoms with Crippen LogP contribution in [0.15, 0.2) is 30.5 Å². The Balaban J connectivity index is 1.88. The first-order chi connectivity index (χ1) is 10.3. The predicted octanol–water partition coefficient (Wildman–Crippen LogP) is 2.92. The molecule has 1 aromatic carbocycles. The maximum atomic E-state index is 13.3. The molecule has 0 unspecified atom stereocenters. The highest BCUT2D eigenvalue weighted by atomic mass is 19.1. The third kappa shape index (κ3) is 3.36. The summed E-state index contributed by atoms with van der Waals surface area (Å²) in [5.74, 6) is 0.815. The molecule has 1 saturated carbocycles. The van der Waals surface area contributed by atoms with Crippen LogP contribution in [0.3, 0.4) is 0 Å². The Kier molecular flexibility index (Phi) is 4.10. The monoisotopic (exact) mass is 286 g/mol. The maximum Gasteiger partial charge on any atom is 0.159 e. The molecule has 1 aliphatic rings. The molecule has 1 fully saturated rings. The highest BCUT2D eigenvalue weighted by Gasteiger charge is 2.28. The minimum Gasteiger partial charge on any atom is -0.382 e. The molecule has 3 rings (SSSR count). The fraction of sp³-hybridized carbons (Fsp3) is 0.375. The van der Waals surface area contributed by atoms with Gasteiger partial charge in [-0.25, -0.2) is 14.4 Å². The van der Waals surface area contributed by atoms with Crippen LogP contribution >= 0.6 is 0 Å². The van der Waals surface area contributed by atoms with E-state index < -0.39 is 0 Å². The third-order valence-corrected chi connectivity index (χ3v) is 3.56. The van der Waals surface area contributed by atoms with Crippen molar-refractivity contribution in [3.8, 4) is 11.4 Å². The summed E-state index contributed by atoms with van der Waals surface area (Å²) in [6, 6.07) is 6.40. The molecule has 0 spiro atoms. The first kappa shape index (κ1) is 13.9. The van der Waals surface area contributed by atoms with Crippen LogP contribution in [0, 0.1) is 5.82 Å². The zero-order valence-electron chi connectivity index (χ0n) is 11.8. The minimum atomic E-state index is -0.269. The zero-order valence-corrected chi connectivity index (χ0v) is 11.8. The van der Waals surface area contributed by atoms with E-state index in [1.807, 2.05) is 6.07 Å². The van der Waals surface area contributed by atoms with Crippen molar-refractivity contribution in [2.24, 2.45) is 5.73 Å². The van der Waals surface area contributed by atoms with Crippen LogP contribution < -0.4 is 11.1 Å². The van der Waals surface area contributed by atoms with Crippen LogP contribution in [-0.2, 0) is 0 Å². The molecular formula is C16H19FN4. The molecule has 0 aliphatic heterocycles. The van der Waals surface area contributed by atoms with Crippen molar-refractivity contribution in [2.45, 2.75) is 25.2 Å². The van der Waals surface area contributed by atoms with E-state index in [-0.39, 0.29) is 5.82 Å². The number of rotatable bonds is 6. The fourth-order valence-electron chi connectivity index (χ4n) is 2.29. The van der Waals surface area contributed by atoms with Gasteiger partial charge in [0.2, 0.25) is 0 Å². The van der Waals surface area contributed by atoms with Crippen molar-refractivity contribution in [3.63, 3.8) is 0 Å². The summed E-state index contributed by atoms with van der Waals surface area (Å²) in [6.07, 6.45) is 5.03. The molecule has 3 N–H and O–H groups in total. The number of nitrogens with two attached hydrogens (primary N) is 1. The highest BCUT2D eigenvalue weighted by molar-refractivity contribution is 5.59. The van der Waals surface area contributed by atoms with E-state index in [4.69, 9.17) is 5.73 Å². The average Bonchev–Trinajstić information content (AvgIpc) is 3.32. The summed E-state index contributed by atoms with van der Waals surface area (Å²) in [6.45, 7) is 1.48. The Morgan fingerprint density at radius 1 is 1.33 bits per heavy atom. The van der Waals surface area contributed by atoms with Gasteiger partial charge < -0.3 is 11.1 Å². The number of aromatic nitrogens is 2. The number of benzene rings is 1. The van der Waals surface area contributed by atoms with Crippen LogP contribution in [-0.4, -0.2) is 23.1 Å². The van der Waals surface area contributed by atoms with E-state index in [0.717, 1.165) is 37.2 Å². The quantitative estimate of drug-likeness (QED) is 0.801. The molecule has 21 heavy (non-hydrogen) atoms. The largest absolute Gasteiger partial charge is 0.382 e. The summed E-state index contributed by atoms with van der Waals surface area (Å²) < 4.78 is 13.3. The number of hydrogen-bond donors (Lipinski definition) is 2. The summed E-state index contributed by atoms with van der Waals surface area (Å²) in [4.78, 5) is 9.02. The van der Waals surface area contributed by atoms with Crippen molar-refractivity contribution in [3.05, 3.63) is 42.0 Å². The summed E-state index contributed by atoms with van der Waals surface area (Å²) in [7, 11) is 0. The van der Waals surface area contributed by atoms with Gasteiger partial charge >= 0.3 is 0 Å². The standard InChI is InChI=1S/C16H19FN4/c17-13-4-1-3-12(9-13)16-20-10-14(19-8-2-7-18)15(21-16)11-5-6-11/h1,3-4,9-11,19H,2,5-8,18H2. The van der Waals surface area contributed by atoms with Crippen molar-refractivity contribution in [1.82, 2.24) is 9.97 Å². The number of nitrogens with zero attached hydrogens (tertiary/aromatic N) is 2. The second-order valence-electron chi connectivity index (χ2n) is 5.35. The normalized spacial score (nSPS) is 14.2.